The number of nitrogens with one attached hydrogen (secondary N) is 2. The molecule has 2 amide bonds. The molecule has 7 heteroatoms. The van der Waals surface area contributed by atoms with Crippen LogP contribution in [0.25, 0.3) is 0 Å². The smallest absolute Gasteiger partial charge is 0.342 e. The second kappa shape index (κ2) is 10.6. The van der Waals surface area contributed by atoms with E-state index in [1.807, 2.05) is 30.3 Å². The van der Waals surface area contributed by atoms with Gasteiger partial charge < -0.3 is 20.1 Å². The summed E-state index contributed by atoms with van der Waals surface area (Å²) in [6.45, 7) is -0.177. The third-order valence-electron chi connectivity index (χ3n) is 4.31. The van der Waals surface area contributed by atoms with Crippen LogP contribution in [0, 0.1) is 0 Å². The normalized spacial score (nSPS) is 10.1. The summed E-state index contributed by atoms with van der Waals surface area (Å²) in [5.74, 6) is -1.09. The van der Waals surface area contributed by atoms with Crippen LogP contribution in [0.15, 0.2) is 78.9 Å². The van der Waals surface area contributed by atoms with Gasteiger partial charge in [0, 0.05) is 18.3 Å². The minimum Gasteiger partial charge on any atom is -0.488 e. The molecular weight excluding hydrogens is 396 g/mol. The Morgan fingerprint density at radius 2 is 1.61 bits per heavy atom. The van der Waals surface area contributed by atoms with Crippen LogP contribution in [0.2, 0.25) is 0 Å². The fraction of sp³-hybridized carbons (Fsp3) is 0.125. The van der Waals surface area contributed by atoms with Gasteiger partial charge in [-0.3, -0.25) is 9.59 Å². The molecule has 0 aromatic heterocycles. The SMILES string of the molecule is CNC(=O)c1cccc(NC(=O)COC(=O)c2ccccc2OCc2ccccc2)c1. The molecule has 0 fully saturated rings. The summed E-state index contributed by atoms with van der Waals surface area (Å²) in [6, 6.07) is 22.7. The van der Waals surface area contributed by atoms with Crippen molar-refractivity contribution < 1.29 is 23.9 Å². The van der Waals surface area contributed by atoms with Crippen LogP contribution in [-0.2, 0) is 16.1 Å². The topological polar surface area (TPSA) is 93.7 Å². The zero-order valence-corrected chi connectivity index (χ0v) is 17.0. The highest BCUT2D eigenvalue weighted by Crippen LogP contribution is 2.20. The Kier molecular flexibility index (Phi) is 7.37. The van der Waals surface area contributed by atoms with Crippen LogP contribution in [0.4, 0.5) is 5.69 Å². The van der Waals surface area contributed by atoms with Crippen molar-refractivity contribution in [1.82, 2.24) is 5.32 Å². The van der Waals surface area contributed by atoms with Crippen molar-refractivity contribution >= 4 is 23.5 Å². The van der Waals surface area contributed by atoms with E-state index in [2.05, 4.69) is 10.6 Å². The molecule has 2 N–H and O–H groups in total. The molecule has 0 bridgehead atoms. The standard InChI is InChI=1S/C24H22N2O5/c1-25-23(28)18-10-7-11-19(14-18)26-22(27)16-31-24(29)20-12-5-6-13-21(20)30-15-17-8-3-2-4-9-17/h2-14H,15-16H2,1H3,(H,25,28)(H,26,27). The Bertz CT molecular complexity index is 1070. The average Bonchev–Trinajstić information content (AvgIpc) is 2.81. The second-order valence-corrected chi connectivity index (χ2v) is 6.55. The van der Waals surface area contributed by atoms with Crippen LogP contribution >= 0.6 is 0 Å². The quantitative estimate of drug-likeness (QED) is 0.547. The summed E-state index contributed by atoms with van der Waals surface area (Å²) in [6.07, 6.45) is 0. The first kappa shape index (κ1) is 21.6. The highest BCUT2D eigenvalue weighted by atomic mass is 16.5. The van der Waals surface area contributed by atoms with Crippen molar-refractivity contribution in [1.29, 1.82) is 0 Å². The first-order valence-electron chi connectivity index (χ1n) is 9.61. The summed E-state index contributed by atoms with van der Waals surface area (Å²) in [7, 11) is 1.52. The number of para-hydroxylation sites is 1. The van der Waals surface area contributed by atoms with E-state index in [1.165, 1.54) is 13.1 Å². The Morgan fingerprint density at radius 3 is 2.39 bits per heavy atom. The summed E-state index contributed by atoms with van der Waals surface area (Å²) < 4.78 is 10.9. The van der Waals surface area contributed by atoms with E-state index in [0.29, 0.717) is 23.6 Å². The fourth-order valence-electron chi connectivity index (χ4n) is 2.78. The van der Waals surface area contributed by atoms with E-state index < -0.39 is 18.5 Å². The van der Waals surface area contributed by atoms with Crippen molar-refractivity contribution in [2.24, 2.45) is 0 Å². The van der Waals surface area contributed by atoms with Crippen LogP contribution in [0.1, 0.15) is 26.3 Å². The zero-order chi connectivity index (χ0) is 22.1. The van der Waals surface area contributed by atoms with Gasteiger partial charge in [0.25, 0.3) is 11.8 Å². The molecule has 0 aliphatic heterocycles. The van der Waals surface area contributed by atoms with Crippen molar-refractivity contribution in [3.8, 4) is 5.75 Å². The Morgan fingerprint density at radius 1 is 0.871 bits per heavy atom. The van der Waals surface area contributed by atoms with Crippen molar-refractivity contribution in [2.45, 2.75) is 6.61 Å². The molecule has 3 aromatic rings. The molecule has 0 saturated carbocycles. The predicted molar refractivity (Wildman–Crippen MR) is 116 cm³/mol. The van der Waals surface area contributed by atoms with Gasteiger partial charge in [0.15, 0.2) is 6.61 Å². The summed E-state index contributed by atoms with van der Waals surface area (Å²) in [5, 5.41) is 5.12. The fourth-order valence-corrected chi connectivity index (χ4v) is 2.78. The van der Waals surface area contributed by atoms with Gasteiger partial charge in [-0.2, -0.15) is 0 Å². The Hall–Kier alpha value is -4.13. The van der Waals surface area contributed by atoms with Crippen molar-refractivity contribution in [3.05, 3.63) is 95.6 Å². The number of rotatable bonds is 8. The number of ether oxygens (including phenoxy) is 2. The van der Waals surface area contributed by atoms with Gasteiger partial charge in [-0.15, -0.1) is 0 Å². The maximum atomic E-state index is 12.5. The van der Waals surface area contributed by atoms with Gasteiger partial charge in [0.05, 0.1) is 0 Å². The monoisotopic (exact) mass is 418 g/mol. The maximum Gasteiger partial charge on any atom is 0.342 e. The number of carbonyl (C=O) groups is 3. The van der Waals surface area contributed by atoms with Crippen molar-refractivity contribution in [2.75, 3.05) is 19.0 Å². The molecule has 3 aromatic carbocycles. The number of hydrogen-bond acceptors (Lipinski definition) is 5. The third-order valence-corrected chi connectivity index (χ3v) is 4.31. The lowest BCUT2D eigenvalue weighted by atomic mass is 10.2. The number of anilines is 1. The summed E-state index contributed by atoms with van der Waals surface area (Å²) in [5.41, 5.74) is 2.02. The summed E-state index contributed by atoms with van der Waals surface area (Å²) in [4.78, 5) is 36.3. The minimum atomic E-state index is -0.669. The van der Waals surface area contributed by atoms with E-state index in [0.717, 1.165) is 5.56 Å². The number of esters is 1. The molecule has 0 radical (unpaired) electrons. The number of benzene rings is 3. The van der Waals surface area contributed by atoms with Crippen LogP contribution in [0.3, 0.4) is 0 Å². The van der Waals surface area contributed by atoms with E-state index in [1.54, 1.807) is 42.5 Å². The van der Waals surface area contributed by atoms with Crippen molar-refractivity contribution in [3.63, 3.8) is 0 Å². The molecule has 0 spiro atoms. The average molecular weight is 418 g/mol. The predicted octanol–water partition coefficient (Wildman–Crippen LogP) is 3.42. The zero-order valence-electron chi connectivity index (χ0n) is 17.0. The lowest BCUT2D eigenvalue weighted by Crippen LogP contribution is -2.22. The Balaban J connectivity index is 1.57. The highest BCUT2D eigenvalue weighted by Gasteiger charge is 2.16. The van der Waals surface area contributed by atoms with Gasteiger partial charge in [-0.1, -0.05) is 48.5 Å². The first-order chi connectivity index (χ1) is 15.1. The minimum absolute atomic E-state index is 0.229. The molecule has 31 heavy (non-hydrogen) atoms. The van der Waals surface area contributed by atoms with Gasteiger partial charge in [0.1, 0.15) is 17.9 Å². The van der Waals surface area contributed by atoms with Gasteiger partial charge in [0.2, 0.25) is 0 Å². The molecule has 0 heterocycles. The maximum absolute atomic E-state index is 12.5. The molecule has 158 valence electrons. The van der Waals surface area contributed by atoms with Gasteiger partial charge in [-0.25, -0.2) is 4.79 Å². The van der Waals surface area contributed by atoms with Gasteiger partial charge in [-0.05, 0) is 35.9 Å². The van der Waals surface area contributed by atoms with E-state index in [9.17, 15) is 14.4 Å². The van der Waals surface area contributed by atoms with E-state index in [4.69, 9.17) is 9.47 Å². The molecule has 3 rings (SSSR count). The number of carbonyl (C=O) groups excluding carboxylic acids is 3. The first-order valence-corrected chi connectivity index (χ1v) is 9.61. The highest BCUT2D eigenvalue weighted by molar-refractivity contribution is 5.98. The number of amides is 2. The molecule has 0 aliphatic rings. The molecule has 0 aliphatic carbocycles. The lowest BCUT2D eigenvalue weighted by molar-refractivity contribution is -0.119. The largest absolute Gasteiger partial charge is 0.488 e. The lowest BCUT2D eigenvalue weighted by Gasteiger charge is -2.12. The molecular formula is C24H22N2O5. The van der Waals surface area contributed by atoms with E-state index >= 15 is 0 Å². The molecule has 0 unspecified atom stereocenters. The van der Waals surface area contributed by atoms with Gasteiger partial charge >= 0.3 is 5.97 Å². The Labute approximate surface area is 180 Å². The van der Waals surface area contributed by atoms with Crippen LogP contribution in [-0.4, -0.2) is 31.4 Å². The van der Waals surface area contributed by atoms with E-state index in [-0.39, 0.29) is 11.5 Å². The molecule has 0 atom stereocenters. The summed E-state index contributed by atoms with van der Waals surface area (Å²) >= 11 is 0. The molecule has 0 saturated heterocycles. The van der Waals surface area contributed by atoms with Crippen LogP contribution < -0.4 is 15.4 Å². The molecule has 7 nitrogen and oxygen atoms in total. The third kappa shape index (κ3) is 6.17. The van der Waals surface area contributed by atoms with Crippen LogP contribution in [0.5, 0.6) is 5.75 Å². The second-order valence-electron chi connectivity index (χ2n) is 6.55. The number of hydrogen-bond donors (Lipinski definition) is 2.